The lowest BCUT2D eigenvalue weighted by molar-refractivity contribution is 0.241. The predicted octanol–water partition coefficient (Wildman–Crippen LogP) is 2.67. The average molecular weight is 259 g/mol. The van der Waals surface area contributed by atoms with Crippen LogP contribution in [0.1, 0.15) is 38.2 Å². The fourth-order valence-corrected chi connectivity index (χ4v) is 3.27. The minimum Gasteiger partial charge on any atom is -0.399 e. The summed E-state index contributed by atoms with van der Waals surface area (Å²) in [6, 6.07) is 6.42. The van der Waals surface area contributed by atoms with Crippen LogP contribution in [0.25, 0.3) is 0 Å². The fourth-order valence-electron chi connectivity index (χ4n) is 3.27. The number of hydrogen-bond acceptors (Lipinski definition) is 2. The van der Waals surface area contributed by atoms with E-state index in [0.717, 1.165) is 30.6 Å². The van der Waals surface area contributed by atoms with E-state index < -0.39 is 0 Å². The second-order valence-electron chi connectivity index (χ2n) is 5.74. The number of nitrogen functional groups attached to an aromatic ring is 1. The maximum atomic E-state index is 12.4. The molecule has 1 heterocycles. The third kappa shape index (κ3) is 2.27. The van der Waals surface area contributed by atoms with E-state index in [1.165, 1.54) is 18.4 Å². The SMILES string of the molecule is CC1Cc2cc(N)ccc2N1C(=O)NC1CCCC1. The summed E-state index contributed by atoms with van der Waals surface area (Å²) >= 11 is 0. The van der Waals surface area contributed by atoms with Crippen molar-refractivity contribution in [1.82, 2.24) is 5.32 Å². The monoisotopic (exact) mass is 259 g/mol. The van der Waals surface area contributed by atoms with Crippen LogP contribution in [0.2, 0.25) is 0 Å². The van der Waals surface area contributed by atoms with Gasteiger partial charge in [-0.05, 0) is 49.9 Å². The van der Waals surface area contributed by atoms with Gasteiger partial charge in [0, 0.05) is 23.5 Å². The van der Waals surface area contributed by atoms with E-state index in [2.05, 4.69) is 12.2 Å². The molecule has 1 unspecified atom stereocenters. The third-order valence-electron chi connectivity index (χ3n) is 4.22. The molecule has 4 nitrogen and oxygen atoms in total. The summed E-state index contributed by atoms with van der Waals surface area (Å²) in [5.74, 6) is 0. The molecular formula is C15H21N3O. The minimum atomic E-state index is 0.0444. The minimum absolute atomic E-state index is 0.0444. The highest BCUT2D eigenvalue weighted by Gasteiger charge is 2.32. The normalized spacial score (nSPS) is 22.6. The van der Waals surface area contributed by atoms with Gasteiger partial charge in [-0.1, -0.05) is 12.8 Å². The molecule has 3 N–H and O–H groups in total. The Bertz CT molecular complexity index is 494. The first kappa shape index (κ1) is 12.3. The molecule has 2 amide bonds. The number of carbonyl (C=O) groups is 1. The summed E-state index contributed by atoms with van der Waals surface area (Å²) in [6.07, 6.45) is 5.57. The zero-order valence-electron chi connectivity index (χ0n) is 11.4. The van der Waals surface area contributed by atoms with Crippen molar-refractivity contribution in [2.45, 2.75) is 51.1 Å². The van der Waals surface area contributed by atoms with E-state index in [-0.39, 0.29) is 12.1 Å². The summed E-state index contributed by atoms with van der Waals surface area (Å²) in [6.45, 7) is 2.09. The van der Waals surface area contributed by atoms with Gasteiger partial charge in [-0.25, -0.2) is 4.79 Å². The van der Waals surface area contributed by atoms with Crippen molar-refractivity contribution in [3.8, 4) is 0 Å². The molecule has 1 fully saturated rings. The van der Waals surface area contributed by atoms with Crippen LogP contribution >= 0.6 is 0 Å². The van der Waals surface area contributed by atoms with Crippen molar-refractivity contribution in [3.63, 3.8) is 0 Å². The topological polar surface area (TPSA) is 58.4 Å². The Labute approximate surface area is 114 Å². The lowest BCUT2D eigenvalue weighted by atomic mass is 10.1. The number of amides is 2. The molecule has 102 valence electrons. The van der Waals surface area contributed by atoms with Crippen LogP contribution in [0.15, 0.2) is 18.2 Å². The van der Waals surface area contributed by atoms with Gasteiger partial charge in [0.25, 0.3) is 0 Å². The summed E-state index contributed by atoms with van der Waals surface area (Å²) in [4.78, 5) is 14.3. The molecule has 19 heavy (non-hydrogen) atoms. The highest BCUT2D eigenvalue weighted by Crippen LogP contribution is 2.33. The van der Waals surface area contributed by atoms with Crippen molar-refractivity contribution in [2.75, 3.05) is 10.6 Å². The van der Waals surface area contributed by atoms with Crippen LogP contribution in [0.4, 0.5) is 16.2 Å². The molecule has 0 bridgehead atoms. The predicted molar refractivity (Wildman–Crippen MR) is 77.3 cm³/mol. The van der Waals surface area contributed by atoms with E-state index in [1.807, 2.05) is 23.1 Å². The van der Waals surface area contributed by atoms with E-state index in [9.17, 15) is 4.79 Å². The number of anilines is 2. The van der Waals surface area contributed by atoms with Gasteiger partial charge in [0.05, 0.1) is 0 Å². The Kier molecular flexibility index (Phi) is 3.09. The molecule has 0 aromatic heterocycles. The molecule has 1 aliphatic heterocycles. The van der Waals surface area contributed by atoms with E-state index in [1.54, 1.807) is 0 Å². The second-order valence-corrected chi connectivity index (χ2v) is 5.74. The number of fused-ring (bicyclic) bond motifs is 1. The van der Waals surface area contributed by atoms with Gasteiger partial charge in [0.1, 0.15) is 0 Å². The Morgan fingerprint density at radius 1 is 1.37 bits per heavy atom. The molecule has 2 aliphatic rings. The zero-order valence-corrected chi connectivity index (χ0v) is 11.4. The van der Waals surface area contributed by atoms with Gasteiger partial charge in [-0.15, -0.1) is 0 Å². The van der Waals surface area contributed by atoms with Crippen molar-refractivity contribution >= 4 is 17.4 Å². The lowest BCUT2D eigenvalue weighted by Crippen LogP contribution is -2.46. The Morgan fingerprint density at radius 3 is 2.84 bits per heavy atom. The molecule has 3 rings (SSSR count). The number of nitrogens with two attached hydrogens (primary N) is 1. The van der Waals surface area contributed by atoms with Gasteiger partial charge in [-0.2, -0.15) is 0 Å². The number of rotatable bonds is 1. The number of carbonyl (C=O) groups excluding carboxylic acids is 1. The standard InChI is InChI=1S/C15H21N3O/c1-10-8-11-9-12(16)6-7-14(11)18(10)15(19)17-13-4-2-3-5-13/h6-7,9-10,13H,2-5,8,16H2,1H3,(H,17,19). The highest BCUT2D eigenvalue weighted by atomic mass is 16.2. The third-order valence-corrected chi connectivity index (χ3v) is 4.22. The first-order valence-electron chi connectivity index (χ1n) is 7.13. The largest absolute Gasteiger partial charge is 0.399 e. The lowest BCUT2D eigenvalue weighted by Gasteiger charge is -2.25. The quantitative estimate of drug-likeness (QED) is 0.762. The van der Waals surface area contributed by atoms with Gasteiger partial charge in [-0.3, -0.25) is 4.90 Å². The molecule has 0 saturated heterocycles. The van der Waals surface area contributed by atoms with Crippen molar-refractivity contribution in [2.24, 2.45) is 0 Å². The van der Waals surface area contributed by atoms with Crippen LogP contribution < -0.4 is 16.0 Å². The molecule has 4 heteroatoms. The van der Waals surface area contributed by atoms with Crippen LogP contribution in [0.3, 0.4) is 0 Å². The Morgan fingerprint density at radius 2 is 2.11 bits per heavy atom. The maximum absolute atomic E-state index is 12.4. The summed E-state index contributed by atoms with van der Waals surface area (Å²) in [5, 5.41) is 3.16. The molecular weight excluding hydrogens is 238 g/mol. The Balaban J connectivity index is 1.79. The zero-order chi connectivity index (χ0) is 13.4. The van der Waals surface area contributed by atoms with Crippen LogP contribution in [-0.4, -0.2) is 18.1 Å². The molecule has 1 aromatic carbocycles. The number of nitrogens with one attached hydrogen (secondary N) is 1. The van der Waals surface area contributed by atoms with Crippen molar-refractivity contribution in [1.29, 1.82) is 0 Å². The fraction of sp³-hybridized carbons (Fsp3) is 0.533. The second kappa shape index (κ2) is 4.76. The van der Waals surface area contributed by atoms with Gasteiger partial charge >= 0.3 is 6.03 Å². The molecule has 0 spiro atoms. The number of hydrogen-bond donors (Lipinski definition) is 2. The van der Waals surface area contributed by atoms with Crippen molar-refractivity contribution in [3.05, 3.63) is 23.8 Å². The van der Waals surface area contributed by atoms with Gasteiger partial charge < -0.3 is 11.1 Å². The molecule has 1 aromatic rings. The first-order valence-corrected chi connectivity index (χ1v) is 7.13. The van der Waals surface area contributed by atoms with Crippen LogP contribution in [0, 0.1) is 0 Å². The summed E-state index contributed by atoms with van der Waals surface area (Å²) in [7, 11) is 0. The van der Waals surface area contributed by atoms with E-state index in [0.29, 0.717) is 6.04 Å². The van der Waals surface area contributed by atoms with Gasteiger partial charge in [0.2, 0.25) is 0 Å². The molecule has 1 saturated carbocycles. The number of benzene rings is 1. The first-order chi connectivity index (χ1) is 9.15. The Hall–Kier alpha value is -1.71. The van der Waals surface area contributed by atoms with Crippen LogP contribution in [-0.2, 0) is 6.42 Å². The van der Waals surface area contributed by atoms with E-state index >= 15 is 0 Å². The van der Waals surface area contributed by atoms with E-state index in [4.69, 9.17) is 5.73 Å². The molecule has 0 radical (unpaired) electrons. The molecule has 1 aliphatic carbocycles. The summed E-state index contributed by atoms with van der Waals surface area (Å²) in [5.41, 5.74) is 8.76. The maximum Gasteiger partial charge on any atom is 0.322 e. The van der Waals surface area contributed by atoms with Crippen LogP contribution in [0.5, 0.6) is 0 Å². The molecule has 1 atom stereocenters. The smallest absolute Gasteiger partial charge is 0.322 e. The highest BCUT2D eigenvalue weighted by molar-refractivity contribution is 5.95. The average Bonchev–Trinajstić information content (AvgIpc) is 2.95. The van der Waals surface area contributed by atoms with Gasteiger partial charge in [0.15, 0.2) is 0 Å². The number of urea groups is 1. The summed E-state index contributed by atoms with van der Waals surface area (Å²) < 4.78 is 0. The van der Waals surface area contributed by atoms with Crippen molar-refractivity contribution < 1.29 is 4.79 Å². The number of nitrogens with zero attached hydrogens (tertiary/aromatic N) is 1.